The van der Waals surface area contributed by atoms with Crippen molar-refractivity contribution >= 4 is 6.09 Å². The first-order valence-electron chi connectivity index (χ1n) is 10.2. The smallest absolute Gasteiger partial charge is 0.409 e. The van der Waals surface area contributed by atoms with Gasteiger partial charge in [0, 0.05) is 38.8 Å². The lowest BCUT2D eigenvalue weighted by Crippen LogP contribution is -2.54. The number of carbonyl (C=O) groups excluding carboxylic acids is 1. The Morgan fingerprint density at radius 2 is 1.73 bits per heavy atom. The van der Waals surface area contributed by atoms with Gasteiger partial charge < -0.3 is 9.64 Å². The maximum Gasteiger partial charge on any atom is 0.409 e. The minimum atomic E-state index is -0.129. The lowest BCUT2D eigenvalue weighted by molar-refractivity contribution is 0.0446. The number of rotatable bonds is 6. The molecule has 0 aromatic heterocycles. The second-order valence-electron chi connectivity index (χ2n) is 7.48. The monoisotopic (exact) mass is 359 g/mol. The Morgan fingerprint density at radius 1 is 1.04 bits per heavy atom. The predicted octanol–water partition coefficient (Wildman–Crippen LogP) is 3.21. The average Bonchev–Trinajstić information content (AvgIpc) is 2.70. The highest BCUT2D eigenvalue weighted by Crippen LogP contribution is 2.20. The summed E-state index contributed by atoms with van der Waals surface area (Å²) in [5, 5.41) is 0. The SMILES string of the molecule is CCCCOC(=O)N1CCN(C2CCN(Cc3ccccc3)CC2)CC1. The molecule has 0 saturated carbocycles. The van der Waals surface area contributed by atoms with Gasteiger partial charge in [0.1, 0.15) is 0 Å². The second-order valence-corrected chi connectivity index (χ2v) is 7.48. The first kappa shape index (κ1) is 19.2. The van der Waals surface area contributed by atoms with Crippen LogP contribution < -0.4 is 0 Å². The second kappa shape index (κ2) is 9.93. The zero-order valence-electron chi connectivity index (χ0n) is 16.1. The van der Waals surface area contributed by atoms with Crippen LogP contribution in [0.15, 0.2) is 30.3 Å². The Bertz CT molecular complexity index is 535. The molecule has 0 spiro atoms. The third-order valence-corrected chi connectivity index (χ3v) is 5.62. The predicted molar refractivity (Wildman–Crippen MR) is 104 cm³/mol. The van der Waals surface area contributed by atoms with Crippen molar-refractivity contribution in [1.29, 1.82) is 0 Å². The number of hydrogen-bond acceptors (Lipinski definition) is 4. The maximum absolute atomic E-state index is 12.1. The van der Waals surface area contributed by atoms with E-state index in [-0.39, 0.29) is 6.09 Å². The van der Waals surface area contributed by atoms with Crippen molar-refractivity contribution in [1.82, 2.24) is 14.7 Å². The van der Waals surface area contributed by atoms with E-state index in [4.69, 9.17) is 4.74 Å². The summed E-state index contributed by atoms with van der Waals surface area (Å²) < 4.78 is 5.34. The number of piperidine rings is 1. The van der Waals surface area contributed by atoms with Crippen LogP contribution in [0.25, 0.3) is 0 Å². The summed E-state index contributed by atoms with van der Waals surface area (Å²) in [7, 11) is 0. The van der Waals surface area contributed by atoms with E-state index in [1.54, 1.807) is 0 Å². The number of likely N-dealkylation sites (tertiary alicyclic amines) is 1. The average molecular weight is 360 g/mol. The van der Waals surface area contributed by atoms with Gasteiger partial charge in [0.25, 0.3) is 0 Å². The van der Waals surface area contributed by atoms with Crippen LogP contribution in [0, 0.1) is 0 Å². The molecule has 0 unspecified atom stereocenters. The van der Waals surface area contributed by atoms with Crippen LogP contribution in [0.5, 0.6) is 0 Å². The van der Waals surface area contributed by atoms with E-state index in [1.165, 1.54) is 31.5 Å². The minimum absolute atomic E-state index is 0.129. The van der Waals surface area contributed by atoms with Crippen molar-refractivity contribution in [3.05, 3.63) is 35.9 Å². The van der Waals surface area contributed by atoms with Gasteiger partial charge in [-0.15, -0.1) is 0 Å². The highest BCUT2D eigenvalue weighted by atomic mass is 16.6. The van der Waals surface area contributed by atoms with Gasteiger partial charge in [-0.05, 0) is 37.9 Å². The summed E-state index contributed by atoms with van der Waals surface area (Å²) in [5.41, 5.74) is 1.40. The molecule has 2 aliphatic rings. The van der Waals surface area contributed by atoms with Gasteiger partial charge in [0.05, 0.1) is 6.61 Å². The molecule has 5 heteroatoms. The molecule has 3 rings (SSSR count). The Kier molecular flexibility index (Phi) is 7.32. The van der Waals surface area contributed by atoms with E-state index in [1.807, 2.05) is 4.90 Å². The third-order valence-electron chi connectivity index (χ3n) is 5.62. The largest absolute Gasteiger partial charge is 0.449 e. The van der Waals surface area contributed by atoms with E-state index in [0.29, 0.717) is 12.6 Å². The number of piperazine rings is 1. The number of carbonyl (C=O) groups is 1. The Balaban J connectivity index is 1.36. The summed E-state index contributed by atoms with van der Waals surface area (Å²) in [6.07, 6.45) is 4.34. The van der Waals surface area contributed by atoms with Crippen molar-refractivity contribution in [2.45, 2.75) is 45.2 Å². The molecule has 26 heavy (non-hydrogen) atoms. The Hall–Kier alpha value is -1.59. The van der Waals surface area contributed by atoms with Crippen LogP contribution in [0.4, 0.5) is 4.79 Å². The van der Waals surface area contributed by atoms with Gasteiger partial charge in [-0.3, -0.25) is 9.80 Å². The molecule has 1 amide bonds. The van der Waals surface area contributed by atoms with E-state index >= 15 is 0 Å². The summed E-state index contributed by atoms with van der Waals surface area (Å²) in [5.74, 6) is 0. The van der Waals surface area contributed by atoms with Crippen molar-refractivity contribution in [2.75, 3.05) is 45.9 Å². The number of nitrogens with zero attached hydrogens (tertiary/aromatic N) is 3. The Labute approximate surface area is 157 Å². The van der Waals surface area contributed by atoms with Crippen LogP contribution in [0.3, 0.4) is 0 Å². The maximum atomic E-state index is 12.1. The molecule has 0 radical (unpaired) electrons. The highest BCUT2D eigenvalue weighted by molar-refractivity contribution is 5.67. The molecule has 0 aliphatic carbocycles. The number of benzene rings is 1. The van der Waals surface area contributed by atoms with Crippen LogP contribution in [0.1, 0.15) is 38.2 Å². The van der Waals surface area contributed by atoms with Gasteiger partial charge in [0.2, 0.25) is 0 Å². The first-order chi connectivity index (χ1) is 12.8. The highest BCUT2D eigenvalue weighted by Gasteiger charge is 2.29. The molecule has 0 bridgehead atoms. The topological polar surface area (TPSA) is 36.0 Å². The van der Waals surface area contributed by atoms with Gasteiger partial charge in [0.15, 0.2) is 0 Å². The van der Waals surface area contributed by atoms with Crippen molar-refractivity contribution in [2.24, 2.45) is 0 Å². The van der Waals surface area contributed by atoms with Gasteiger partial charge in [-0.2, -0.15) is 0 Å². The number of hydrogen-bond donors (Lipinski definition) is 0. The van der Waals surface area contributed by atoms with Crippen LogP contribution in [-0.2, 0) is 11.3 Å². The molecular formula is C21H33N3O2. The van der Waals surface area contributed by atoms with Crippen LogP contribution in [0.2, 0.25) is 0 Å². The third kappa shape index (κ3) is 5.45. The molecule has 1 aromatic rings. The fourth-order valence-corrected chi connectivity index (χ4v) is 3.95. The molecule has 2 fully saturated rings. The quantitative estimate of drug-likeness (QED) is 0.731. The molecular weight excluding hydrogens is 326 g/mol. The van der Waals surface area contributed by atoms with Gasteiger partial charge in [-0.1, -0.05) is 43.7 Å². The summed E-state index contributed by atoms with van der Waals surface area (Å²) in [6, 6.07) is 11.4. The van der Waals surface area contributed by atoms with E-state index < -0.39 is 0 Å². The van der Waals surface area contributed by atoms with E-state index in [9.17, 15) is 4.79 Å². The van der Waals surface area contributed by atoms with Gasteiger partial charge in [-0.25, -0.2) is 4.79 Å². The number of ether oxygens (including phenoxy) is 1. The molecule has 0 atom stereocenters. The molecule has 2 saturated heterocycles. The summed E-state index contributed by atoms with van der Waals surface area (Å²) in [4.78, 5) is 19.1. The zero-order valence-corrected chi connectivity index (χ0v) is 16.1. The molecule has 2 heterocycles. The standard InChI is InChI=1S/C21H33N3O2/c1-2-3-17-26-21(25)24-15-13-23(14-16-24)20-9-11-22(12-10-20)18-19-7-5-4-6-8-19/h4-8,20H,2-3,9-18H2,1H3. The molecule has 5 nitrogen and oxygen atoms in total. The first-order valence-corrected chi connectivity index (χ1v) is 10.2. The molecule has 0 N–H and O–H groups in total. The summed E-state index contributed by atoms with van der Waals surface area (Å²) >= 11 is 0. The Morgan fingerprint density at radius 3 is 2.38 bits per heavy atom. The number of amides is 1. The zero-order chi connectivity index (χ0) is 18.2. The fraction of sp³-hybridized carbons (Fsp3) is 0.667. The van der Waals surface area contributed by atoms with Crippen molar-refractivity contribution in [3.8, 4) is 0 Å². The molecule has 144 valence electrons. The van der Waals surface area contributed by atoms with E-state index in [0.717, 1.165) is 45.6 Å². The minimum Gasteiger partial charge on any atom is -0.449 e. The van der Waals surface area contributed by atoms with E-state index in [2.05, 4.69) is 47.1 Å². The summed E-state index contributed by atoms with van der Waals surface area (Å²) in [6.45, 7) is 9.61. The molecule has 1 aromatic carbocycles. The van der Waals surface area contributed by atoms with Crippen molar-refractivity contribution in [3.63, 3.8) is 0 Å². The lowest BCUT2D eigenvalue weighted by Gasteiger charge is -2.42. The normalized spacial score (nSPS) is 20.3. The van der Waals surface area contributed by atoms with Crippen LogP contribution in [-0.4, -0.2) is 72.7 Å². The lowest BCUT2D eigenvalue weighted by atomic mass is 10.0. The fourth-order valence-electron chi connectivity index (χ4n) is 3.95. The van der Waals surface area contributed by atoms with Crippen LogP contribution >= 0.6 is 0 Å². The van der Waals surface area contributed by atoms with Crippen molar-refractivity contribution < 1.29 is 9.53 Å². The van der Waals surface area contributed by atoms with Gasteiger partial charge >= 0.3 is 6.09 Å². The molecule has 2 aliphatic heterocycles. The number of unbranched alkanes of at least 4 members (excludes halogenated alkanes) is 1.